The number of nitrogens with zero attached hydrogens (tertiary/aromatic N) is 2. The molecule has 9 heteroatoms. The van der Waals surface area contributed by atoms with Crippen molar-refractivity contribution >= 4 is 39.1 Å². The normalized spacial score (nSPS) is 12.2. The van der Waals surface area contributed by atoms with Crippen LogP contribution in [0.1, 0.15) is 37.5 Å². The summed E-state index contributed by atoms with van der Waals surface area (Å²) in [7, 11) is -4.13. The number of anilines is 1. The van der Waals surface area contributed by atoms with Crippen molar-refractivity contribution in [3.8, 4) is 0 Å². The van der Waals surface area contributed by atoms with Gasteiger partial charge in [0.15, 0.2) is 0 Å². The molecule has 3 aromatic rings. The molecule has 214 valence electrons. The Bertz CT molecular complexity index is 1410. The van der Waals surface area contributed by atoms with Crippen molar-refractivity contribution in [2.24, 2.45) is 5.92 Å². The van der Waals surface area contributed by atoms with Crippen LogP contribution in [0.2, 0.25) is 5.02 Å². The van der Waals surface area contributed by atoms with E-state index >= 15 is 0 Å². The minimum Gasteiger partial charge on any atom is -0.354 e. The SMILES string of the molecule is Cc1ccc(S(=O)(=O)N(CC(=O)N(CCc2ccccc2)C(C)C(=O)NCC(C)C)c2ccc(Cl)cc2C)cc1. The first-order chi connectivity index (χ1) is 18.9. The van der Waals surface area contributed by atoms with Crippen LogP contribution in [0.15, 0.2) is 77.7 Å². The number of aryl methyl sites for hydroxylation is 2. The van der Waals surface area contributed by atoms with Crippen molar-refractivity contribution in [3.63, 3.8) is 0 Å². The third-order valence-corrected chi connectivity index (χ3v) is 8.66. The number of hydrogen-bond acceptors (Lipinski definition) is 4. The Morgan fingerprint density at radius 1 is 0.925 bits per heavy atom. The average Bonchev–Trinajstić information content (AvgIpc) is 2.91. The van der Waals surface area contributed by atoms with Gasteiger partial charge in [-0.3, -0.25) is 13.9 Å². The third-order valence-electron chi connectivity index (χ3n) is 6.65. The standard InChI is InChI=1S/C31H38ClN3O4S/c1-22(2)20-33-31(37)25(5)34(18-17-26-9-7-6-8-10-26)30(36)21-35(29-16-13-27(32)19-24(29)4)40(38,39)28-14-11-23(3)12-15-28/h6-16,19,22,25H,17-18,20-21H2,1-5H3,(H,33,37). The fraction of sp³-hybridized carbons (Fsp3) is 0.355. The molecule has 3 rings (SSSR count). The highest BCUT2D eigenvalue weighted by Crippen LogP contribution is 2.29. The topological polar surface area (TPSA) is 86.8 Å². The summed E-state index contributed by atoms with van der Waals surface area (Å²) in [6.07, 6.45) is 0.513. The second-order valence-corrected chi connectivity index (χ2v) is 12.7. The van der Waals surface area contributed by atoms with Crippen molar-refractivity contribution in [1.29, 1.82) is 0 Å². The van der Waals surface area contributed by atoms with Gasteiger partial charge in [-0.2, -0.15) is 0 Å². The number of carbonyl (C=O) groups excluding carboxylic acids is 2. The van der Waals surface area contributed by atoms with Gasteiger partial charge in [-0.05, 0) is 74.6 Å². The van der Waals surface area contributed by atoms with Crippen LogP contribution in [0.4, 0.5) is 5.69 Å². The van der Waals surface area contributed by atoms with Gasteiger partial charge in [-0.15, -0.1) is 0 Å². The summed E-state index contributed by atoms with van der Waals surface area (Å²) >= 11 is 6.17. The van der Waals surface area contributed by atoms with Gasteiger partial charge < -0.3 is 10.2 Å². The first-order valence-electron chi connectivity index (χ1n) is 13.4. The molecule has 7 nitrogen and oxygen atoms in total. The van der Waals surface area contributed by atoms with Crippen LogP contribution >= 0.6 is 11.6 Å². The summed E-state index contributed by atoms with van der Waals surface area (Å²) in [4.78, 5) is 28.5. The molecule has 1 unspecified atom stereocenters. The van der Waals surface area contributed by atoms with Crippen LogP contribution in [0.25, 0.3) is 0 Å². The van der Waals surface area contributed by atoms with E-state index in [2.05, 4.69) is 5.32 Å². The number of rotatable bonds is 12. The van der Waals surface area contributed by atoms with E-state index in [0.29, 0.717) is 29.2 Å². The molecule has 0 aliphatic carbocycles. The lowest BCUT2D eigenvalue weighted by Crippen LogP contribution is -2.52. The quantitative estimate of drug-likeness (QED) is 0.310. The summed E-state index contributed by atoms with van der Waals surface area (Å²) in [5.74, 6) is -0.522. The Hall–Kier alpha value is -3.36. The Morgan fingerprint density at radius 2 is 1.57 bits per heavy atom. The van der Waals surface area contributed by atoms with Crippen LogP contribution in [-0.4, -0.2) is 50.8 Å². The van der Waals surface area contributed by atoms with E-state index in [4.69, 9.17) is 11.6 Å². The Kier molecular flexibility index (Phi) is 10.8. The van der Waals surface area contributed by atoms with E-state index in [1.54, 1.807) is 44.2 Å². The maximum atomic E-state index is 14.0. The first-order valence-corrected chi connectivity index (χ1v) is 15.2. The molecule has 0 spiro atoms. The number of nitrogens with one attached hydrogen (secondary N) is 1. The second-order valence-electron chi connectivity index (χ2n) is 10.4. The van der Waals surface area contributed by atoms with E-state index < -0.39 is 28.5 Å². The van der Waals surface area contributed by atoms with Gasteiger partial charge in [0.1, 0.15) is 12.6 Å². The zero-order valence-corrected chi connectivity index (χ0v) is 25.3. The summed E-state index contributed by atoms with van der Waals surface area (Å²) in [5.41, 5.74) is 2.87. The lowest BCUT2D eigenvalue weighted by atomic mass is 10.1. The molecule has 3 aromatic carbocycles. The molecule has 0 saturated carbocycles. The molecule has 0 bridgehead atoms. The van der Waals surface area contributed by atoms with E-state index in [-0.39, 0.29) is 23.3 Å². The molecule has 0 saturated heterocycles. The number of carbonyl (C=O) groups is 2. The van der Waals surface area contributed by atoms with E-state index in [9.17, 15) is 18.0 Å². The van der Waals surface area contributed by atoms with Crippen molar-refractivity contribution in [2.45, 2.75) is 52.0 Å². The molecule has 0 fully saturated rings. The summed E-state index contributed by atoms with van der Waals surface area (Å²) < 4.78 is 29.0. The number of hydrogen-bond donors (Lipinski definition) is 1. The van der Waals surface area contributed by atoms with Crippen LogP contribution in [-0.2, 0) is 26.0 Å². The predicted octanol–water partition coefficient (Wildman–Crippen LogP) is 5.38. The molecule has 0 aliphatic heterocycles. The smallest absolute Gasteiger partial charge is 0.264 e. The fourth-order valence-corrected chi connectivity index (χ4v) is 5.98. The molecule has 40 heavy (non-hydrogen) atoms. The minimum atomic E-state index is -4.13. The van der Waals surface area contributed by atoms with Crippen LogP contribution < -0.4 is 9.62 Å². The molecule has 0 aliphatic rings. The number of sulfonamides is 1. The van der Waals surface area contributed by atoms with Crippen molar-refractivity contribution in [3.05, 3.63) is 94.5 Å². The maximum Gasteiger partial charge on any atom is 0.264 e. The largest absolute Gasteiger partial charge is 0.354 e. The predicted molar refractivity (Wildman–Crippen MR) is 161 cm³/mol. The molecule has 0 heterocycles. The highest BCUT2D eigenvalue weighted by molar-refractivity contribution is 7.92. The Morgan fingerprint density at radius 3 is 2.17 bits per heavy atom. The molecular formula is C31H38ClN3O4S. The van der Waals surface area contributed by atoms with E-state index in [1.807, 2.05) is 51.1 Å². The molecule has 2 amide bonds. The zero-order chi connectivity index (χ0) is 29.4. The molecular weight excluding hydrogens is 546 g/mol. The van der Waals surface area contributed by atoms with Gasteiger partial charge in [-0.1, -0.05) is 73.5 Å². The fourth-order valence-electron chi connectivity index (χ4n) is 4.27. The van der Waals surface area contributed by atoms with Gasteiger partial charge >= 0.3 is 0 Å². The van der Waals surface area contributed by atoms with Gasteiger partial charge in [0.2, 0.25) is 11.8 Å². The van der Waals surface area contributed by atoms with E-state index in [0.717, 1.165) is 15.4 Å². The monoisotopic (exact) mass is 583 g/mol. The lowest BCUT2D eigenvalue weighted by molar-refractivity contribution is -0.138. The van der Waals surface area contributed by atoms with Gasteiger partial charge in [0, 0.05) is 18.1 Å². The summed E-state index contributed by atoms with van der Waals surface area (Å²) in [6, 6.07) is 20.2. The lowest BCUT2D eigenvalue weighted by Gasteiger charge is -2.32. The minimum absolute atomic E-state index is 0.0683. The molecule has 1 atom stereocenters. The van der Waals surface area contributed by atoms with Crippen LogP contribution in [0, 0.1) is 19.8 Å². The number of benzene rings is 3. The second kappa shape index (κ2) is 13.8. The van der Waals surface area contributed by atoms with Gasteiger partial charge in [0.05, 0.1) is 10.6 Å². The highest BCUT2D eigenvalue weighted by Gasteiger charge is 2.33. The van der Waals surface area contributed by atoms with Gasteiger partial charge in [-0.25, -0.2) is 8.42 Å². The van der Waals surface area contributed by atoms with Crippen molar-refractivity contribution < 1.29 is 18.0 Å². The third kappa shape index (κ3) is 8.08. The number of halogens is 1. The van der Waals surface area contributed by atoms with Crippen molar-refractivity contribution in [2.75, 3.05) is 23.9 Å². The van der Waals surface area contributed by atoms with Gasteiger partial charge in [0.25, 0.3) is 10.0 Å². The first kappa shape index (κ1) is 31.2. The zero-order valence-electron chi connectivity index (χ0n) is 23.7. The molecule has 0 aromatic heterocycles. The Balaban J connectivity index is 1.99. The molecule has 0 radical (unpaired) electrons. The highest BCUT2D eigenvalue weighted by atomic mass is 35.5. The van der Waals surface area contributed by atoms with Crippen molar-refractivity contribution in [1.82, 2.24) is 10.2 Å². The number of amides is 2. The van der Waals surface area contributed by atoms with E-state index in [1.165, 1.54) is 17.0 Å². The van der Waals surface area contributed by atoms with Crippen LogP contribution in [0.3, 0.4) is 0 Å². The summed E-state index contributed by atoms with van der Waals surface area (Å²) in [6.45, 7) is 9.52. The molecule has 1 N–H and O–H groups in total. The maximum absolute atomic E-state index is 14.0. The van der Waals surface area contributed by atoms with Crippen LogP contribution in [0.5, 0.6) is 0 Å². The summed E-state index contributed by atoms with van der Waals surface area (Å²) in [5, 5.41) is 3.36. The Labute approximate surface area is 243 Å². The average molecular weight is 584 g/mol.